The highest BCUT2D eigenvalue weighted by Gasteiger charge is 2.27. The van der Waals surface area contributed by atoms with Crippen LogP contribution in [0.4, 0.5) is 5.95 Å². The number of benzene rings is 1. The van der Waals surface area contributed by atoms with Crippen molar-refractivity contribution in [1.29, 1.82) is 0 Å². The van der Waals surface area contributed by atoms with Gasteiger partial charge < -0.3 is 19.5 Å². The summed E-state index contributed by atoms with van der Waals surface area (Å²) in [6.07, 6.45) is 3.35. The zero-order valence-electron chi connectivity index (χ0n) is 14.8. The molecule has 0 saturated carbocycles. The fourth-order valence-electron chi connectivity index (χ4n) is 3.14. The number of rotatable bonds is 3. The van der Waals surface area contributed by atoms with Gasteiger partial charge in [-0.25, -0.2) is 9.97 Å². The standard InChI is InChI=1S/C19H21N5O2/c1-23(2)19-21-8-6-16(22-19)17-12-24(9-10-26-17)18(25)14-3-4-15-13(11-14)5-7-20-15/h3-8,11,17,20H,9-10,12H2,1-2H3/t17-/m1/s1. The molecule has 2 aromatic heterocycles. The van der Waals surface area contributed by atoms with Crippen LogP contribution in [0.5, 0.6) is 0 Å². The third-order valence-electron chi connectivity index (χ3n) is 4.55. The van der Waals surface area contributed by atoms with Crippen molar-refractivity contribution in [3.05, 3.63) is 54.0 Å². The summed E-state index contributed by atoms with van der Waals surface area (Å²) in [6, 6.07) is 9.54. The Balaban J connectivity index is 1.54. The Morgan fingerprint density at radius 2 is 2.19 bits per heavy atom. The van der Waals surface area contributed by atoms with E-state index in [1.807, 2.05) is 60.4 Å². The normalized spacial score (nSPS) is 17.5. The first-order chi connectivity index (χ1) is 12.6. The summed E-state index contributed by atoms with van der Waals surface area (Å²) < 4.78 is 5.87. The minimum Gasteiger partial charge on any atom is -0.368 e. The first-order valence-electron chi connectivity index (χ1n) is 8.60. The van der Waals surface area contributed by atoms with Gasteiger partial charge in [-0.2, -0.15) is 0 Å². The molecule has 0 aliphatic carbocycles. The lowest BCUT2D eigenvalue weighted by Crippen LogP contribution is -2.42. The molecule has 1 aliphatic rings. The second-order valence-electron chi connectivity index (χ2n) is 6.57. The van der Waals surface area contributed by atoms with Gasteiger partial charge in [-0.15, -0.1) is 0 Å². The number of amides is 1. The molecule has 1 aromatic carbocycles. The van der Waals surface area contributed by atoms with Crippen molar-refractivity contribution in [3.63, 3.8) is 0 Å². The van der Waals surface area contributed by atoms with Gasteiger partial charge in [0.05, 0.1) is 18.8 Å². The number of carbonyl (C=O) groups is 1. The van der Waals surface area contributed by atoms with Crippen LogP contribution in [-0.2, 0) is 4.74 Å². The summed E-state index contributed by atoms with van der Waals surface area (Å²) in [4.78, 5) is 28.5. The quantitative estimate of drug-likeness (QED) is 0.783. The first kappa shape index (κ1) is 16.5. The van der Waals surface area contributed by atoms with E-state index >= 15 is 0 Å². The Bertz CT molecular complexity index is 936. The summed E-state index contributed by atoms with van der Waals surface area (Å²) in [7, 11) is 3.79. The number of aromatic nitrogens is 3. The third kappa shape index (κ3) is 3.13. The second kappa shape index (κ2) is 6.76. The zero-order chi connectivity index (χ0) is 18.1. The molecule has 0 spiro atoms. The van der Waals surface area contributed by atoms with Crippen LogP contribution < -0.4 is 4.90 Å². The molecule has 3 aromatic rings. The largest absolute Gasteiger partial charge is 0.368 e. The minimum absolute atomic E-state index is 0.0169. The molecule has 3 heterocycles. The van der Waals surface area contributed by atoms with Crippen molar-refractivity contribution in [3.8, 4) is 0 Å². The van der Waals surface area contributed by atoms with Crippen LogP contribution >= 0.6 is 0 Å². The van der Waals surface area contributed by atoms with E-state index in [2.05, 4.69) is 15.0 Å². The number of hydrogen-bond donors (Lipinski definition) is 1. The smallest absolute Gasteiger partial charge is 0.254 e. The average Bonchev–Trinajstić information content (AvgIpc) is 3.15. The molecule has 0 unspecified atom stereocenters. The van der Waals surface area contributed by atoms with Crippen molar-refractivity contribution in [2.45, 2.75) is 6.10 Å². The molecule has 1 saturated heterocycles. The van der Waals surface area contributed by atoms with E-state index in [9.17, 15) is 4.79 Å². The van der Waals surface area contributed by atoms with E-state index < -0.39 is 0 Å². The number of aromatic amines is 1. The molecular weight excluding hydrogens is 330 g/mol. The van der Waals surface area contributed by atoms with Gasteiger partial charge in [0.2, 0.25) is 5.95 Å². The summed E-state index contributed by atoms with van der Waals surface area (Å²) in [5.41, 5.74) is 2.51. The number of nitrogens with zero attached hydrogens (tertiary/aromatic N) is 4. The van der Waals surface area contributed by atoms with E-state index in [4.69, 9.17) is 4.74 Å². The van der Waals surface area contributed by atoms with Gasteiger partial charge in [0.15, 0.2) is 0 Å². The molecule has 26 heavy (non-hydrogen) atoms. The Hall–Kier alpha value is -2.93. The summed E-state index contributed by atoms with van der Waals surface area (Å²) in [6.45, 7) is 1.55. The maximum absolute atomic E-state index is 12.9. The van der Waals surface area contributed by atoms with Gasteiger partial charge in [0.1, 0.15) is 6.10 Å². The lowest BCUT2D eigenvalue weighted by atomic mass is 10.1. The number of hydrogen-bond acceptors (Lipinski definition) is 5. The zero-order valence-corrected chi connectivity index (χ0v) is 14.8. The first-order valence-corrected chi connectivity index (χ1v) is 8.60. The van der Waals surface area contributed by atoms with Crippen LogP contribution in [0.25, 0.3) is 10.9 Å². The molecule has 7 heteroatoms. The van der Waals surface area contributed by atoms with Crippen LogP contribution in [0.3, 0.4) is 0 Å². The van der Waals surface area contributed by atoms with Crippen LogP contribution in [0, 0.1) is 0 Å². The Morgan fingerprint density at radius 3 is 3.04 bits per heavy atom. The fourth-order valence-corrected chi connectivity index (χ4v) is 3.14. The molecule has 1 atom stereocenters. The lowest BCUT2D eigenvalue weighted by molar-refractivity contribution is -0.0247. The molecule has 0 radical (unpaired) electrons. The predicted molar refractivity (Wildman–Crippen MR) is 99.3 cm³/mol. The van der Waals surface area contributed by atoms with Crippen molar-refractivity contribution < 1.29 is 9.53 Å². The van der Waals surface area contributed by atoms with Crippen LogP contribution in [0.1, 0.15) is 22.2 Å². The number of ether oxygens (including phenoxy) is 1. The topological polar surface area (TPSA) is 74.4 Å². The summed E-state index contributed by atoms with van der Waals surface area (Å²) >= 11 is 0. The van der Waals surface area contributed by atoms with E-state index in [1.54, 1.807) is 6.20 Å². The maximum atomic E-state index is 12.9. The molecule has 1 fully saturated rings. The molecule has 1 aliphatic heterocycles. The van der Waals surface area contributed by atoms with E-state index in [-0.39, 0.29) is 12.0 Å². The molecule has 4 rings (SSSR count). The Kier molecular flexibility index (Phi) is 4.30. The maximum Gasteiger partial charge on any atom is 0.254 e. The fraction of sp³-hybridized carbons (Fsp3) is 0.316. The number of fused-ring (bicyclic) bond motifs is 1. The highest BCUT2D eigenvalue weighted by molar-refractivity contribution is 5.98. The van der Waals surface area contributed by atoms with Crippen molar-refractivity contribution in [2.75, 3.05) is 38.7 Å². The predicted octanol–water partition coefficient (Wildman–Crippen LogP) is 2.24. The van der Waals surface area contributed by atoms with Crippen molar-refractivity contribution in [2.24, 2.45) is 0 Å². The molecule has 7 nitrogen and oxygen atoms in total. The number of H-pyrrole nitrogens is 1. The molecule has 0 bridgehead atoms. The van der Waals surface area contributed by atoms with Gasteiger partial charge >= 0.3 is 0 Å². The molecular formula is C19H21N5O2. The van der Waals surface area contributed by atoms with Crippen molar-refractivity contribution in [1.82, 2.24) is 19.9 Å². The van der Waals surface area contributed by atoms with Crippen LogP contribution in [0.15, 0.2) is 42.7 Å². The number of nitrogens with one attached hydrogen (secondary N) is 1. The monoisotopic (exact) mass is 351 g/mol. The van der Waals surface area contributed by atoms with Gasteiger partial charge in [0, 0.05) is 49.5 Å². The second-order valence-corrected chi connectivity index (χ2v) is 6.57. The van der Waals surface area contributed by atoms with Crippen LogP contribution in [-0.4, -0.2) is 59.6 Å². The summed E-state index contributed by atoms with van der Waals surface area (Å²) in [5.74, 6) is 0.649. The van der Waals surface area contributed by atoms with Gasteiger partial charge in [-0.1, -0.05) is 0 Å². The SMILES string of the molecule is CN(C)c1nccc([C@H]2CN(C(=O)c3ccc4[nH]ccc4c3)CCO2)n1. The molecule has 1 amide bonds. The van der Waals surface area contributed by atoms with E-state index in [0.29, 0.717) is 31.2 Å². The van der Waals surface area contributed by atoms with Gasteiger partial charge in [-0.05, 0) is 30.3 Å². The number of anilines is 1. The Morgan fingerprint density at radius 1 is 1.31 bits per heavy atom. The van der Waals surface area contributed by atoms with Crippen molar-refractivity contribution >= 4 is 22.8 Å². The van der Waals surface area contributed by atoms with Gasteiger partial charge in [-0.3, -0.25) is 4.79 Å². The van der Waals surface area contributed by atoms with Crippen LogP contribution in [0.2, 0.25) is 0 Å². The third-order valence-corrected chi connectivity index (χ3v) is 4.55. The highest BCUT2D eigenvalue weighted by Crippen LogP contribution is 2.23. The Labute approximate surface area is 151 Å². The average molecular weight is 351 g/mol. The lowest BCUT2D eigenvalue weighted by Gasteiger charge is -2.33. The number of morpholine rings is 1. The molecule has 1 N–H and O–H groups in total. The van der Waals surface area contributed by atoms with E-state index in [1.165, 1.54) is 0 Å². The van der Waals surface area contributed by atoms with Gasteiger partial charge in [0.25, 0.3) is 5.91 Å². The molecule has 134 valence electrons. The van der Waals surface area contributed by atoms with E-state index in [0.717, 1.165) is 16.6 Å². The minimum atomic E-state index is -0.245. The summed E-state index contributed by atoms with van der Waals surface area (Å²) in [5, 5.41) is 1.03. The highest BCUT2D eigenvalue weighted by atomic mass is 16.5. The number of carbonyl (C=O) groups excluding carboxylic acids is 1.